The second kappa shape index (κ2) is 6.12. The van der Waals surface area contributed by atoms with E-state index in [-0.39, 0.29) is 10.8 Å². The van der Waals surface area contributed by atoms with Gasteiger partial charge in [-0.25, -0.2) is 0 Å². The van der Waals surface area contributed by atoms with Crippen molar-refractivity contribution in [3.8, 4) is 0 Å². The van der Waals surface area contributed by atoms with Crippen LogP contribution < -0.4 is 0 Å². The Morgan fingerprint density at radius 1 is 0.800 bits per heavy atom. The first-order chi connectivity index (χ1) is 6.83. The fraction of sp³-hybridized carbons (Fsp3) is 0.714. The molecule has 0 bridgehead atoms. The highest BCUT2D eigenvalue weighted by Gasteiger charge is 2.18. The molecule has 0 N–H and O–H groups in total. The topological polar surface area (TPSA) is 9.23 Å². The van der Waals surface area contributed by atoms with Crippen LogP contribution in [0, 0.1) is 10.8 Å². The van der Waals surface area contributed by atoms with Crippen LogP contribution in [-0.2, 0) is 4.74 Å². The maximum Gasteiger partial charge on any atom is 0.0552 e. The number of rotatable bonds is 6. The molecule has 0 aliphatic carbocycles. The summed E-state index contributed by atoms with van der Waals surface area (Å²) in [6.45, 7) is 14.4. The molecule has 15 heavy (non-hydrogen) atoms. The zero-order valence-electron chi connectivity index (χ0n) is 11.1. The van der Waals surface area contributed by atoms with E-state index in [1.54, 1.807) is 0 Å². The van der Waals surface area contributed by atoms with E-state index in [0.717, 1.165) is 13.2 Å². The Labute approximate surface area is 95.2 Å². The van der Waals surface area contributed by atoms with E-state index in [0.29, 0.717) is 0 Å². The summed E-state index contributed by atoms with van der Waals surface area (Å²) in [6.07, 6.45) is 8.55. The summed E-state index contributed by atoms with van der Waals surface area (Å²) >= 11 is 0. The molecule has 0 aromatic heterocycles. The first-order valence-corrected chi connectivity index (χ1v) is 5.68. The number of ether oxygens (including phenoxy) is 1. The predicted molar refractivity (Wildman–Crippen MR) is 68.0 cm³/mol. The lowest BCUT2D eigenvalue weighted by Crippen LogP contribution is -2.22. The van der Waals surface area contributed by atoms with E-state index < -0.39 is 0 Å². The van der Waals surface area contributed by atoms with Crippen molar-refractivity contribution in [2.75, 3.05) is 13.2 Å². The smallest absolute Gasteiger partial charge is 0.0552 e. The van der Waals surface area contributed by atoms with Gasteiger partial charge in [0.15, 0.2) is 0 Å². The summed E-state index contributed by atoms with van der Waals surface area (Å²) in [7, 11) is 0. The molecule has 0 fully saturated rings. The lowest BCUT2D eigenvalue weighted by atomic mass is 9.92. The summed E-state index contributed by atoms with van der Waals surface area (Å²) in [5.74, 6) is 0. The summed E-state index contributed by atoms with van der Waals surface area (Å²) in [6, 6.07) is 0. The SMILES string of the molecule is CC=CC(C)(C)COCC(C)(C)C=CC. The number of hydrogen-bond acceptors (Lipinski definition) is 1. The van der Waals surface area contributed by atoms with Crippen molar-refractivity contribution in [1.82, 2.24) is 0 Å². The van der Waals surface area contributed by atoms with Crippen LogP contribution in [0.25, 0.3) is 0 Å². The van der Waals surface area contributed by atoms with Gasteiger partial charge in [-0.1, -0.05) is 52.0 Å². The minimum atomic E-state index is 0.140. The molecule has 0 spiro atoms. The number of allylic oxidation sites excluding steroid dienone is 2. The third-order valence-corrected chi connectivity index (χ3v) is 2.18. The van der Waals surface area contributed by atoms with Gasteiger partial charge >= 0.3 is 0 Å². The third kappa shape index (κ3) is 7.38. The molecular formula is C14H26O. The van der Waals surface area contributed by atoms with Gasteiger partial charge in [-0.2, -0.15) is 0 Å². The van der Waals surface area contributed by atoms with Crippen LogP contribution in [0.15, 0.2) is 24.3 Å². The first-order valence-electron chi connectivity index (χ1n) is 5.68. The molecule has 0 aromatic carbocycles. The second-order valence-corrected chi connectivity index (χ2v) is 5.47. The van der Waals surface area contributed by atoms with E-state index in [4.69, 9.17) is 4.74 Å². The average Bonchev–Trinajstić information content (AvgIpc) is 2.02. The molecule has 0 radical (unpaired) electrons. The standard InChI is InChI=1S/C14H26O/c1-7-9-13(3,4)11-15-12-14(5,6)10-8-2/h7-10H,11-12H2,1-6H3. The summed E-state index contributed by atoms with van der Waals surface area (Å²) in [5.41, 5.74) is 0.279. The summed E-state index contributed by atoms with van der Waals surface area (Å²) in [5, 5.41) is 0. The predicted octanol–water partition coefficient (Wildman–Crippen LogP) is 4.21. The van der Waals surface area contributed by atoms with Crippen LogP contribution in [-0.4, -0.2) is 13.2 Å². The number of hydrogen-bond donors (Lipinski definition) is 0. The molecule has 0 rings (SSSR count). The van der Waals surface area contributed by atoms with Crippen molar-refractivity contribution in [1.29, 1.82) is 0 Å². The Kier molecular flexibility index (Phi) is 5.89. The fourth-order valence-electron chi connectivity index (χ4n) is 1.58. The van der Waals surface area contributed by atoms with Gasteiger partial charge in [-0.15, -0.1) is 0 Å². The molecule has 0 saturated carbocycles. The monoisotopic (exact) mass is 210 g/mol. The molecule has 0 heterocycles. The molecule has 0 aliphatic rings. The molecule has 0 saturated heterocycles. The quantitative estimate of drug-likeness (QED) is 0.597. The van der Waals surface area contributed by atoms with Gasteiger partial charge in [-0.3, -0.25) is 0 Å². The summed E-state index contributed by atoms with van der Waals surface area (Å²) in [4.78, 5) is 0. The van der Waals surface area contributed by atoms with E-state index in [1.807, 2.05) is 13.8 Å². The Hall–Kier alpha value is -0.560. The normalized spacial score (nSPS) is 14.3. The van der Waals surface area contributed by atoms with Gasteiger partial charge in [0.05, 0.1) is 13.2 Å². The van der Waals surface area contributed by atoms with Crippen molar-refractivity contribution < 1.29 is 4.74 Å². The molecule has 0 unspecified atom stereocenters. The van der Waals surface area contributed by atoms with Crippen molar-refractivity contribution in [2.24, 2.45) is 10.8 Å². The van der Waals surface area contributed by atoms with Crippen LogP contribution >= 0.6 is 0 Å². The Balaban J connectivity index is 3.98. The maximum atomic E-state index is 5.77. The van der Waals surface area contributed by atoms with Crippen LogP contribution in [0.4, 0.5) is 0 Å². The van der Waals surface area contributed by atoms with Crippen LogP contribution in [0.3, 0.4) is 0 Å². The Bertz CT molecular complexity index is 197. The van der Waals surface area contributed by atoms with Crippen molar-refractivity contribution in [3.63, 3.8) is 0 Å². The molecule has 1 nitrogen and oxygen atoms in total. The average molecular weight is 210 g/mol. The third-order valence-electron chi connectivity index (χ3n) is 2.18. The zero-order valence-corrected chi connectivity index (χ0v) is 11.1. The highest BCUT2D eigenvalue weighted by molar-refractivity contribution is 4.94. The minimum absolute atomic E-state index is 0.140. The Morgan fingerprint density at radius 2 is 1.13 bits per heavy atom. The van der Waals surface area contributed by atoms with Crippen molar-refractivity contribution in [2.45, 2.75) is 41.5 Å². The molecule has 0 amide bonds. The van der Waals surface area contributed by atoms with Gasteiger partial charge in [0.25, 0.3) is 0 Å². The molecule has 88 valence electrons. The van der Waals surface area contributed by atoms with Crippen LogP contribution in [0.2, 0.25) is 0 Å². The molecule has 0 atom stereocenters. The van der Waals surface area contributed by atoms with E-state index in [9.17, 15) is 0 Å². The fourth-order valence-corrected chi connectivity index (χ4v) is 1.58. The molecule has 0 aliphatic heterocycles. The molecule has 0 aromatic rings. The van der Waals surface area contributed by atoms with E-state index in [2.05, 4.69) is 52.0 Å². The minimum Gasteiger partial charge on any atom is -0.380 e. The van der Waals surface area contributed by atoms with Crippen molar-refractivity contribution in [3.05, 3.63) is 24.3 Å². The molecule has 1 heteroatoms. The lowest BCUT2D eigenvalue weighted by molar-refractivity contribution is 0.0455. The highest BCUT2D eigenvalue weighted by Crippen LogP contribution is 2.21. The Morgan fingerprint density at radius 3 is 1.40 bits per heavy atom. The largest absolute Gasteiger partial charge is 0.380 e. The molecular weight excluding hydrogens is 184 g/mol. The van der Waals surface area contributed by atoms with E-state index in [1.165, 1.54) is 0 Å². The highest BCUT2D eigenvalue weighted by atomic mass is 16.5. The van der Waals surface area contributed by atoms with Gasteiger partial charge in [0, 0.05) is 10.8 Å². The second-order valence-electron chi connectivity index (χ2n) is 5.47. The van der Waals surface area contributed by atoms with Crippen LogP contribution in [0.5, 0.6) is 0 Å². The van der Waals surface area contributed by atoms with Gasteiger partial charge in [-0.05, 0) is 13.8 Å². The maximum absolute atomic E-state index is 5.77. The van der Waals surface area contributed by atoms with Gasteiger partial charge in [0.2, 0.25) is 0 Å². The summed E-state index contributed by atoms with van der Waals surface area (Å²) < 4.78 is 5.77. The van der Waals surface area contributed by atoms with Crippen LogP contribution in [0.1, 0.15) is 41.5 Å². The zero-order chi connectivity index (χ0) is 11.9. The van der Waals surface area contributed by atoms with E-state index >= 15 is 0 Å². The first kappa shape index (κ1) is 14.4. The van der Waals surface area contributed by atoms with Crippen molar-refractivity contribution >= 4 is 0 Å². The van der Waals surface area contributed by atoms with Gasteiger partial charge in [0.1, 0.15) is 0 Å². The lowest BCUT2D eigenvalue weighted by Gasteiger charge is -2.25. The van der Waals surface area contributed by atoms with Gasteiger partial charge < -0.3 is 4.74 Å².